The minimum absolute atomic E-state index is 0.243. The molecular weight excluding hydrogens is 169 g/mol. The molecule has 0 saturated carbocycles. The Kier molecular flexibility index (Phi) is 1.77. The Bertz CT molecular complexity index is 467. The fraction of sp³-hybridized carbons (Fsp3) is 0. The van der Waals surface area contributed by atoms with Crippen molar-refractivity contribution in [2.24, 2.45) is 0 Å². The van der Waals surface area contributed by atoms with Gasteiger partial charge in [0.2, 0.25) is 0 Å². The quantitative estimate of drug-likeness (QED) is 0.622. The molecule has 1 aromatic heterocycles. The van der Waals surface area contributed by atoms with E-state index in [2.05, 4.69) is 4.98 Å². The van der Waals surface area contributed by atoms with Crippen LogP contribution in [0, 0.1) is 5.82 Å². The highest BCUT2D eigenvalue weighted by Gasteiger charge is 2.01. The van der Waals surface area contributed by atoms with Crippen molar-refractivity contribution in [3.05, 3.63) is 41.8 Å². The molecule has 1 heterocycles. The second-order valence-corrected chi connectivity index (χ2v) is 2.67. The molecular formula is C10H6FNO. The van der Waals surface area contributed by atoms with Crippen molar-refractivity contribution in [3.63, 3.8) is 0 Å². The molecule has 0 radical (unpaired) electrons. The number of halogens is 1. The van der Waals surface area contributed by atoms with Crippen molar-refractivity contribution in [3.8, 4) is 0 Å². The van der Waals surface area contributed by atoms with Crippen LogP contribution in [0.25, 0.3) is 10.9 Å². The van der Waals surface area contributed by atoms with Gasteiger partial charge in [0.1, 0.15) is 17.0 Å². The molecule has 0 N–H and O–H groups in total. The molecule has 2 aromatic rings. The molecule has 0 aliphatic carbocycles. The summed E-state index contributed by atoms with van der Waals surface area (Å²) in [7, 11) is 0. The zero-order chi connectivity index (χ0) is 9.26. The van der Waals surface area contributed by atoms with Crippen LogP contribution < -0.4 is 0 Å². The second kappa shape index (κ2) is 2.94. The Labute approximate surface area is 74.0 Å². The number of carbonyl (C=O) groups excluding carboxylic acids is 1. The largest absolute Gasteiger partial charge is 0.296 e. The van der Waals surface area contributed by atoms with Gasteiger partial charge in [-0.3, -0.25) is 4.79 Å². The average Bonchev–Trinajstić information content (AvgIpc) is 2.18. The van der Waals surface area contributed by atoms with Crippen LogP contribution in [0.3, 0.4) is 0 Å². The Hall–Kier alpha value is -1.77. The van der Waals surface area contributed by atoms with E-state index < -0.39 is 5.82 Å². The highest BCUT2D eigenvalue weighted by Crippen LogP contribution is 2.14. The summed E-state index contributed by atoms with van der Waals surface area (Å²) in [5.41, 5.74) is 0.490. The number of carbonyl (C=O) groups is 1. The van der Waals surface area contributed by atoms with Gasteiger partial charge in [-0.25, -0.2) is 9.37 Å². The molecule has 0 spiro atoms. The molecule has 0 unspecified atom stereocenters. The Balaban J connectivity index is 2.81. The summed E-state index contributed by atoms with van der Waals surface area (Å²) >= 11 is 0. The lowest BCUT2D eigenvalue weighted by molar-refractivity contribution is 0.111. The molecule has 3 heteroatoms. The van der Waals surface area contributed by atoms with Crippen molar-refractivity contribution >= 4 is 17.2 Å². The normalized spacial score (nSPS) is 10.2. The SMILES string of the molecule is O=Cc1ccc2cccc(F)c2n1. The molecule has 13 heavy (non-hydrogen) atoms. The van der Waals surface area contributed by atoms with Crippen molar-refractivity contribution in [1.82, 2.24) is 4.98 Å². The van der Waals surface area contributed by atoms with E-state index in [1.807, 2.05) is 0 Å². The molecule has 1 aromatic carbocycles. The maximum atomic E-state index is 13.1. The number of pyridine rings is 1. The van der Waals surface area contributed by atoms with E-state index in [1.54, 1.807) is 24.3 Å². The molecule has 0 aliphatic heterocycles. The topological polar surface area (TPSA) is 30.0 Å². The fourth-order valence-corrected chi connectivity index (χ4v) is 1.19. The smallest absolute Gasteiger partial charge is 0.168 e. The van der Waals surface area contributed by atoms with Crippen molar-refractivity contribution in [2.45, 2.75) is 0 Å². The van der Waals surface area contributed by atoms with Crippen molar-refractivity contribution in [1.29, 1.82) is 0 Å². The number of hydrogen-bond donors (Lipinski definition) is 0. The van der Waals surface area contributed by atoms with Crippen molar-refractivity contribution < 1.29 is 9.18 Å². The number of rotatable bonds is 1. The van der Waals surface area contributed by atoms with Crippen molar-refractivity contribution in [2.75, 3.05) is 0 Å². The molecule has 0 saturated heterocycles. The maximum Gasteiger partial charge on any atom is 0.168 e. The Morgan fingerprint density at radius 3 is 2.85 bits per heavy atom. The summed E-state index contributed by atoms with van der Waals surface area (Å²) in [5, 5.41) is 0.700. The summed E-state index contributed by atoms with van der Waals surface area (Å²) in [6.07, 6.45) is 0.603. The first-order valence-electron chi connectivity index (χ1n) is 3.82. The lowest BCUT2D eigenvalue weighted by Crippen LogP contribution is -1.89. The molecule has 2 nitrogen and oxygen atoms in total. The van der Waals surface area contributed by atoms with E-state index in [9.17, 15) is 9.18 Å². The Morgan fingerprint density at radius 2 is 2.08 bits per heavy atom. The predicted molar refractivity (Wildman–Crippen MR) is 47.1 cm³/mol. The number of para-hydroxylation sites is 1. The summed E-state index contributed by atoms with van der Waals surface area (Å²) in [5.74, 6) is -0.402. The molecule has 2 rings (SSSR count). The molecule has 0 amide bonds. The summed E-state index contributed by atoms with van der Waals surface area (Å²) in [4.78, 5) is 14.2. The van der Waals surface area contributed by atoms with Gasteiger partial charge >= 0.3 is 0 Å². The summed E-state index contributed by atoms with van der Waals surface area (Å²) in [6.45, 7) is 0. The van der Waals surface area contributed by atoms with Gasteiger partial charge in [0.25, 0.3) is 0 Å². The van der Waals surface area contributed by atoms with E-state index >= 15 is 0 Å². The molecule has 0 bridgehead atoms. The van der Waals surface area contributed by atoms with Gasteiger partial charge in [0.15, 0.2) is 6.29 Å². The first kappa shape index (κ1) is 7.86. The average molecular weight is 175 g/mol. The number of benzene rings is 1. The van der Waals surface area contributed by atoms with E-state index in [4.69, 9.17) is 0 Å². The molecule has 0 fully saturated rings. The zero-order valence-electron chi connectivity index (χ0n) is 6.70. The van der Waals surface area contributed by atoms with Gasteiger partial charge in [-0.15, -0.1) is 0 Å². The minimum atomic E-state index is -0.402. The first-order valence-corrected chi connectivity index (χ1v) is 3.82. The lowest BCUT2D eigenvalue weighted by Gasteiger charge is -1.97. The van der Waals surface area contributed by atoms with E-state index in [1.165, 1.54) is 6.07 Å². The van der Waals surface area contributed by atoms with Gasteiger partial charge in [-0.05, 0) is 12.1 Å². The van der Waals surface area contributed by atoms with Gasteiger partial charge < -0.3 is 0 Å². The van der Waals surface area contributed by atoms with Crippen LogP contribution in [0.1, 0.15) is 10.5 Å². The number of aldehydes is 1. The highest BCUT2D eigenvalue weighted by atomic mass is 19.1. The van der Waals surface area contributed by atoms with E-state index in [0.717, 1.165) is 0 Å². The molecule has 64 valence electrons. The van der Waals surface area contributed by atoms with Crippen LogP contribution in [0.5, 0.6) is 0 Å². The predicted octanol–water partition coefficient (Wildman–Crippen LogP) is 2.19. The van der Waals surface area contributed by atoms with Crippen LogP contribution in [-0.4, -0.2) is 11.3 Å². The number of hydrogen-bond acceptors (Lipinski definition) is 2. The third-order valence-corrected chi connectivity index (χ3v) is 1.81. The van der Waals surface area contributed by atoms with Crippen LogP contribution in [0.2, 0.25) is 0 Å². The van der Waals surface area contributed by atoms with E-state index in [-0.39, 0.29) is 11.2 Å². The van der Waals surface area contributed by atoms with Gasteiger partial charge in [-0.2, -0.15) is 0 Å². The van der Waals surface area contributed by atoms with Gasteiger partial charge in [-0.1, -0.05) is 18.2 Å². The summed E-state index contributed by atoms with van der Waals surface area (Å²) < 4.78 is 13.1. The fourth-order valence-electron chi connectivity index (χ4n) is 1.19. The number of fused-ring (bicyclic) bond motifs is 1. The monoisotopic (exact) mass is 175 g/mol. The van der Waals surface area contributed by atoms with Gasteiger partial charge in [0.05, 0.1) is 0 Å². The maximum absolute atomic E-state index is 13.1. The van der Waals surface area contributed by atoms with Crippen LogP contribution in [0.15, 0.2) is 30.3 Å². The third kappa shape index (κ3) is 1.28. The van der Waals surface area contributed by atoms with Crippen LogP contribution in [0.4, 0.5) is 4.39 Å². The number of aromatic nitrogens is 1. The van der Waals surface area contributed by atoms with Crippen LogP contribution in [-0.2, 0) is 0 Å². The summed E-state index contributed by atoms with van der Waals surface area (Å²) in [6, 6.07) is 7.92. The standard InChI is InChI=1S/C10H6FNO/c11-9-3-1-2-7-4-5-8(6-13)12-10(7)9/h1-6H. The zero-order valence-corrected chi connectivity index (χ0v) is 6.70. The second-order valence-electron chi connectivity index (χ2n) is 2.67. The lowest BCUT2D eigenvalue weighted by atomic mass is 10.2. The molecule has 0 atom stereocenters. The van der Waals surface area contributed by atoms with E-state index in [0.29, 0.717) is 11.7 Å². The number of nitrogens with zero attached hydrogens (tertiary/aromatic N) is 1. The Morgan fingerprint density at radius 1 is 1.23 bits per heavy atom. The van der Waals surface area contributed by atoms with Gasteiger partial charge in [0, 0.05) is 5.39 Å². The minimum Gasteiger partial charge on any atom is -0.296 e. The first-order chi connectivity index (χ1) is 6.31. The van der Waals surface area contributed by atoms with Crippen LogP contribution >= 0.6 is 0 Å². The third-order valence-electron chi connectivity index (χ3n) is 1.81. The highest BCUT2D eigenvalue weighted by molar-refractivity contribution is 5.83. The molecule has 0 aliphatic rings.